The van der Waals surface area contributed by atoms with E-state index in [2.05, 4.69) is 47.8 Å². The molecule has 0 N–H and O–H groups in total. The third-order valence-corrected chi connectivity index (χ3v) is 5.81. The first-order valence-corrected chi connectivity index (χ1v) is 8.14. The normalized spacial score (nSPS) is 22.0. The van der Waals surface area contributed by atoms with Gasteiger partial charge in [-0.2, -0.15) is 18.4 Å². The van der Waals surface area contributed by atoms with Gasteiger partial charge in [0.25, 0.3) is 5.91 Å². The average Bonchev–Trinajstić information content (AvgIpc) is 2.68. The zero-order chi connectivity index (χ0) is 16.7. The summed E-state index contributed by atoms with van der Waals surface area (Å²) in [4.78, 5) is 13.6. The van der Waals surface area contributed by atoms with Crippen molar-refractivity contribution in [1.82, 2.24) is 4.90 Å². The number of rotatable bonds is 1. The maximum absolute atomic E-state index is 12.8. The third-order valence-electron chi connectivity index (χ3n) is 2.98. The average molecular weight is 503 g/mol. The van der Waals surface area contributed by atoms with Crippen molar-refractivity contribution >= 4 is 53.7 Å². The zero-order valence-corrected chi connectivity index (χ0v) is 15.3. The van der Waals surface area contributed by atoms with E-state index in [4.69, 9.17) is 0 Å². The fourth-order valence-corrected chi connectivity index (χ4v) is 4.35. The first-order valence-electron chi connectivity index (χ1n) is 5.76. The van der Waals surface area contributed by atoms with Gasteiger partial charge in [0, 0.05) is 16.5 Å². The second-order valence-corrected chi connectivity index (χ2v) is 7.48. The molecule has 1 atom stereocenters. The third kappa shape index (κ3) is 3.09. The number of benzene rings is 1. The molecule has 1 aliphatic heterocycles. The van der Waals surface area contributed by atoms with Crippen molar-refractivity contribution < 1.29 is 18.0 Å². The number of amides is 1. The molecule has 2 rings (SSSR count). The summed E-state index contributed by atoms with van der Waals surface area (Å²) in [6.07, 6.45) is -4.37. The summed E-state index contributed by atoms with van der Waals surface area (Å²) in [6.45, 7) is 0. The second-order valence-electron chi connectivity index (χ2n) is 4.46. The monoisotopic (exact) mass is 500 g/mol. The molecular weight excluding hydrogens is 497 g/mol. The van der Waals surface area contributed by atoms with Crippen LogP contribution >= 0.6 is 47.8 Å². The van der Waals surface area contributed by atoms with Crippen LogP contribution in [0.2, 0.25) is 0 Å². The van der Waals surface area contributed by atoms with Crippen LogP contribution in [-0.4, -0.2) is 15.3 Å². The Labute approximate surface area is 149 Å². The first kappa shape index (κ1) is 17.5. The van der Waals surface area contributed by atoms with Crippen molar-refractivity contribution in [1.29, 1.82) is 5.26 Å². The lowest BCUT2D eigenvalue weighted by molar-refractivity contribution is -0.137. The zero-order valence-electron chi connectivity index (χ0n) is 10.6. The predicted molar refractivity (Wildman–Crippen MR) is 84.4 cm³/mol. The molecule has 22 heavy (non-hydrogen) atoms. The van der Waals surface area contributed by atoms with Crippen molar-refractivity contribution in [3.63, 3.8) is 0 Å². The molecule has 1 unspecified atom stereocenters. The Bertz CT molecular complexity index is 711. The van der Waals surface area contributed by atoms with Gasteiger partial charge in [-0.3, -0.25) is 9.69 Å². The van der Waals surface area contributed by atoms with Gasteiger partial charge >= 0.3 is 6.18 Å². The summed E-state index contributed by atoms with van der Waals surface area (Å²) >= 11 is 9.57. The van der Waals surface area contributed by atoms with Gasteiger partial charge in [0.2, 0.25) is 0 Å². The molecule has 1 aromatic carbocycles. The van der Waals surface area contributed by atoms with E-state index in [0.717, 1.165) is 23.1 Å². The van der Waals surface area contributed by atoms with E-state index in [0.29, 0.717) is 9.09 Å². The molecule has 1 heterocycles. The van der Waals surface area contributed by atoms with E-state index in [9.17, 15) is 23.2 Å². The van der Waals surface area contributed by atoms with Crippen LogP contribution in [0.5, 0.6) is 0 Å². The predicted octanol–water partition coefficient (Wildman–Crippen LogP) is 5.12. The molecule has 0 saturated heterocycles. The van der Waals surface area contributed by atoms with Crippen molar-refractivity contribution in [2.75, 3.05) is 0 Å². The molecule has 0 bridgehead atoms. The Hall–Kier alpha value is -0.850. The smallest absolute Gasteiger partial charge is 0.272 e. The van der Waals surface area contributed by atoms with Crippen LogP contribution in [0.25, 0.3) is 0 Å². The molecule has 1 amide bonds. The molecular formula is C13H6Br3F3N2O. The number of halogens is 6. The topological polar surface area (TPSA) is 44.1 Å². The molecule has 0 aliphatic carbocycles. The Kier molecular flexibility index (Phi) is 4.76. The first-order chi connectivity index (χ1) is 10.1. The molecule has 0 spiro atoms. The van der Waals surface area contributed by atoms with E-state index in [1.54, 1.807) is 0 Å². The number of nitriles is 1. The minimum absolute atomic E-state index is 0.159. The summed E-state index contributed by atoms with van der Waals surface area (Å²) in [7, 11) is 0. The van der Waals surface area contributed by atoms with Gasteiger partial charge in [-0.15, -0.1) is 0 Å². The summed E-state index contributed by atoms with van der Waals surface area (Å²) in [5.41, 5.74) is -1.08. The van der Waals surface area contributed by atoms with Gasteiger partial charge in [0.1, 0.15) is 10.7 Å². The lowest BCUT2D eigenvalue weighted by Gasteiger charge is -2.28. The van der Waals surface area contributed by atoms with Gasteiger partial charge in [-0.1, -0.05) is 22.0 Å². The molecule has 0 fully saturated rings. The minimum atomic E-state index is -4.55. The fraction of sp³-hybridized carbons (Fsp3) is 0.231. The maximum Gasteiger partial charge on any atom is 0.416 e. The molecule has 9 heteroatoms. The maximum atomic E-state index is 12.8. The number of hydrogen-bond acceptors (Lipinski definition) is 2. The van der Waals surface area contributed by atoms with E-state index >= 15 is 0 Å². The highest BCUT2D eigenvalue weighted by Crippen LogP contribution is 2.46. The molecule has 0 radical (unpaired) electrons. The minimum Gasteiger partial charge on any atom is -0.272 e. The quantitative estimate of drug-likeness (QED) is 0.395. The SMILES string of the molecule is N#CC1(Br)CC(Br)=C(Br)N1C(=O)c1cccc(C(F)(F)F)c1. The second kappa shape index (κ2) is 5.98. The van der Waals surface area contributed by atoms with Crippen molar-refractivity contribution in [3.8, 4) is 6.07 Å². The van der Waals surface area contributed by atoms with Crippen LogP contribution in [0.4, 0.5) is 13.2 Å². The Morgan fingerprint density at radius 2 is 2.00 bits per heavy atom. The van der Waals surface area contributed by atoms with Crippen LogP contribution < -0.4 is 0 Å². The largest absolute Gasteiger partial charge is 0.416 e. The summed E-state index contributed by atoms with van der Waals surface area (Å²) in [5, 5.41) is 9.27. The lowest BCUT2D eigenvalue weighted by Crippen LogP contribution is -2.41. The number of nitrogens with zero attached hydrogens (tertiary/aromatic N) is 2. The van der Waals surface area contributed by atoms with Gasteiger partial charge in [-0.25, -0.2) is 0 Å². The van der Waals surface area contributed by atoms with E-state index in [1.807, 2.05) is 6.07 Å². The van der Waals surface area contributed by atoms with Crippen LogP contribution in [0.3, 0.4) is 0 Å². The van der Waals surface area contributed by atoms with Crippen LogP contribution in [-0.2, 0) is 6.18 Å². The van der Waals surface area contributed by atoms with Crippen LogP contribution in [0, 0.1) is 11.3 Å². The highest BCUT2D eigenvalue weighted by atomic mass is 79.9. The number of carbonyl (C=O) groups excluding carboxylic acids is 1. The molecule has 1 aromatic rings. The van der Waals surface area contributed by atoms with Gasteiger partial charge in [0.15, 0.2) is 4.45 Å². The Morgan fingerprint density at radius 1 is 1.36 bits per heavy atom. The fourth-order valence-electron chi connectivity index (χ4n) is 1.93. The highest BCUT2D eigenvalue weighted by molar-refractivity contribution is 9.14. The Morgan fingerprint density at radius 3 is 2.55 bits per heavy atom. The molecule has 0 aromatic heterocycles. The van der Waals surface area contributed by atoms with E-state index < -0.39 is 22.1 Å². The van der Waals surface area contributed by atoms with Crippen LogP contribution in [0.1, 0.15) is 22.3 Å². The lowest BCUT2D eigenvalue weighted by atomic mass is 10.1. The molecule has 3 nitrogen and oxygen atoms in total. The molecule has 0 saturated carbocycles. The molecule has 1 aliphatic rings. The summed E-state index contributed by atoms with van der Waals surface area (Å²) in [5.74, 6) is -0.717. The number of hydrogen-bond donors (Lipinski definition) is 0. The summed E-state index contributed by atoms with van der Waals surface area (Å²) < 4.78 is 37.8. The van der Waals surface area contributed by atoms with Crippen molar-refractivity contribution in [3.05, 3.63) is 44.5 Å². The number of alkyl halides is 4. The Balaban J connectivity index is 2.46. The highest BCUT2D eigenvalue weighted by Gasteiger charge is 2.46. The van der Waals surface area contributed by atoms with Crippen molar-refractivity contribution in [2.24, 2.45) is 0 Å². The molecule has 116 valence electrons. The van der Waals surface area contributed by atoms with E-state index in [1.165, 1.54) is 6.07 Å². The van der Waals surface area contributed by atoms with Crippen molar-refractivity contribution in [2.45, 2.75) is 17.0 Å². The van der Waals surface area contributed by atoms with Gasteiger partial charge in [0.05, 0.1) is 5.56 Å². The van der Waals surface area contributed by atoms with Gasteiger partial charge in [-0.05, 0) is 50.1 Å². The summed E-state index contributed by atoms with van der Waals surface area (Å²) in [6, 6.07) is 6.02. The number of carbonyl (C=O) groups is 1. The van der Waals surface area contributed by atoms with Gasteiger partial charge < -0.3 is 0 Å². The van der Waals surface area contributed by atoms with E-state index in [-0.39, 0.29) is 12.0 Å². The standard InChI is InChI=1S/C13H6Br3F3N2O/c14-9-5-12(16,6-20)21(10(9)15)11(22)7-2-1-3-8(4-7)13(17,18)19/h1-4H,5H2. The van der Waals surface area contributed by atoms with Crippen LogP contribution in [0.15, 0.2) is 33.4 Å².